The van der Waals surface area contributed by atoms with Crippen LogP contribution in [0.3, 0.4) is 0 Å². The van der Waals surface area contributed by atoms with Crippen LogP contribution in [0, 0.1) is 17.2 Å². The molecule has 0 saturated carbocycles. The van der Waals surface area contributed by atoms with Crippen LogP contribution in [0.15, 0.2) is 24.3 Å². The number of hydrogen-bond donors (Lipinski definition) is 1. The van der Waals surface area contributed by atoms with Gasteiger partial charge in [-0.05, 0) is 42.0 Å². The average Bonchev–Trinajstić information content (AvgIpc) is 3.10. The molecule has 3 rings (SSSR count). The standard InChI is InChI=1S/C17H18FNO3S/c1-10(2)17(16(21)22)5-6-19(9-17)15(20)14-8-11-7-12(18)3-4-13(11)23-14/h3-4,7-8,10H,5-6,9H2,1-2H3,(H,21,22). The number of thiophene rings is 1. The minimum Gasteiger partial charge on any atom is -0.481 e. The fourth-order valence-electron chi connectivity index (χ4n) is 3.17. The molecule has 1 saturated heterocycles. The molecular formula is C17H18FNO3S. The summed E-state index contributed by atoms with van der Waals surface area (Å²) in [6.45, 7) is 4.42. The van der Waals surface area contributed by atoms with Crippen LogP contribution in [0.25, 0.3) is 10.1 Å². The van der Waals surface area contributed by atoms with E-state index in [-0.39, 0.29) is 24.2 Å². The SMILES string of the molecule is CC(C)C1(C(=O)O)CCN(C(=O)c2cc3cc(F)ccc3s2)C1. The third-order valence-electron chi connectivity index (χ3n) is 4.81. The van der Waals surface area contributed by atoms with Crippen LogP contribution >= 0.6 is 11.3 Å². The van der Waals surface area contributed by atoms with E-state index in [4.69, 9.17) is 0 Å². The van der Waals surface area contributed by atoms with Gasteiger partial charge in [0.1, 0.15) is 5.82 Å². The van der Waals surface area contributed by atoms with E-state index in [1.54, 1.807) is 17.0 Å². The number of hydrogen-bond acceptors (Lipinski definition) is 3. The number of halogens is 1. The first-order valence-electron chi connectivity index (χ1n) is 7.55. The molecule has 0 bridgehead atoms. The number of benzene rings is 1. The van der Waals surface area contributed by atoms with Crippen molar-refractivity contribution in [3.05, 3.63) is 35.0 Å². The number of carbonyl (C=O) groups excluding carboxylic acids is 1. The van der Waals surface area contributed by atoms with Crippen LogP contribution in [0.4, 0.5) is 4.39 Å². The van der Waals surface area contributed by atoms with Crippen molar-refractivity contribution in [3.63, 3.8) is 0 Å². The monoisotopic (exact) mass is 335 g/mol. The van der Waals surface area contributed by atoms with Crippen molar-refractivity contribution < 1.29 is 19.1 Å². The molecule has 1 atom stereocenters. The van der Waals surface area contributed by atoms with E-state index in [0.717, 1.165) is 4.70 Å². The molecule has 1 aromatic heterocycles. The van der Waals surface area contributed by atoms with Crippen LogP contribution in [0.1, 0.15) is 29.9 Å². The predicted molar refractivity (Wildman–Crippen MR) is 87.2 cm³/mol. The molecule has 0 radical (unpaired) electrons. The third-order valence-corrected chi connectivity index (χ3v) is 5.91. The molecule has 2 heterocycles. The van der Waals surface area contributed by atoms with Gasteiger partial charge in [0, 0.05) is 17.8 Å². The lowest BCUT2D eigenvalue weighted by Crippen LogP contribution is -2.40. The summed E-state index contributed by atoms with van der Waals surface area (Å²) in [6.07, 6.45) is 0.464. The van der Waals surface area contributed by atoms with Crippen molar-refractivity contribution in [2.45, 2.75) is 20.3 Å². The molecule has 0 aliphatic carbocycles. The summed E-state index contributed by atoms with van der Waals surface area (Å²) in [6, 6.07) is 6.12. The number of nitrogens with zero attached hydrogens (tertiary/aromatic N) is 1. The fourth-order valence-corrected chi connectivity index (χ4v) is 4.19. The van der Waals surface area contributed by atoms with Crippen molar-refractivity contribution in [2.24, 2.45) is 11.3 Å². The molecule has 2 aromatic rings. The maximum absolute atomic E-state index is 13.3. The highest BCUT2D eigenvalue weighted by molar-refractivity contribution is 7.20. The molecule has 122 valence electrons. The van der Waals surface area contributed by atoms with Gasteiger partial charge < -0.3 is 10.0 Å². The molecule has 0 spiro atoms. The molecule has 1 unspecified atom stereocenters. The lowest BCUT2D eigenvalue weighted by atomic mass is 9.76. The Kier molecular flexibility index (Phi) is 3.88. The topological polar surface area (TPSA) is 57.6 Å². The Morgan fingerprint density at radius 1 is 1.35 bits per heavy atom. The Morgan fingerprint density at radius 3 is 2.70 bits per heavy atom. The van der Waals surface area contributed by atoms with Crippen LogP contribution in [0.2, 0.25) is 0 Å². The largest absolute Gasteiger partial charge is 0.481 e. The van der Waals surface area contributed by atoms with Gasteiger partial charge in [0.25, 0.3) is 5.91 Å². The highest BCUT2D eigenvalue weighted by Gasteiger charge is 2.48. The summed E-state index contributed by atoms with van der Waals surface area (Å²) in [7, 11) is 0. The molecule has 1 aliphatic heterocycles. The molecule has 1 N–H and O–H groups in total. The minimum absolute atomic E-state index is 0.0469. The number of carboxylic acid groups (broad SMARTS) is 1. The maximum atomic E-state index is 13.3. The maximum Gasteiger partial charge on any atom is 0.311 e. The van der Waals surface area contributed by atoms with E-state index in [1.165, 1.54) is 23.5 Å². The minimum atomic E-state index is -0.877. The van der Waals surface area contributed by atoms with Crippen LogP contribution in [-0.2, 0) is 4.79 Å². The zero-order chi connectivity index (χ0) is 16.8. The number of fused-ring (bicyclic) bond motifs is 1. The summed E-state index contributed by atoms with van der Waals surface area (Å²) in [4.78, 5) is 26.5. The Hall–Kier alpha value is -1.95. The molecule has 1 fully saturated rings. The molecule has 1 aliphatic rings. The molecule has 1 aromatic carbocycles. The van der Waals surface area contributed by atoms with Gasteiger partial charge in [-0.1, -0.05) is 13.8 Å². The fraction of sp³-hybridized carbons (Fsp3) is 0.412. The quantitative estimate of drug-likeness (QED) is 0.932. The number of carboxylic acids is 1. The zero-order valence-electron chi connectivity index (χ0n) is 13.0. The van der Waals surface area contributed by atoms with Gasteiger partial charge in [-0.2, -0.15) is 0 Å². The second-order valence-corrected chi connectivity index (χ2v) is 7.47. The van der Waals surface area contributed by atoms with Crippen LogP contribution in [-0.4, -0.2) is 35.0 Å². The lowest BCUT2D eigenvalue weighted by Gasteiger charge is -2.28. The van der Waals surface area contributed by atoms with Gasteiger partial charge in [-0.15, -0.1) is 11.3 Å². The van der Waals surface area contributed by atoms with Gasteiger partial charge in [-0.3, -0.25) is 9.59 Å². The van der Waals surface area contributed by atoms with Crippen LogP contribution < -0.4 is 0 Å². The highest BCUT2D eigenvalue weighted by atomic mass is 32.1. The second-order valence-electron chi connectivity index (χ2n) is 6.39. The van der Waals surface area contributed by atoms with Crippen molar-refractivity contribution in [1.29, 1.82) is 0 Å². The number of likely N-dealkylation sites (tertiary alicyclic amines) is 1. The highest BCUT2D eigenvalue weighted by Crippen LogP contribution is 2.39. The average molecular weight is 335 g/mol. The normalized spacial score (nSPS) is 21.3. The molecule has 4 nitrogen and oxygen atoms in total. The summed E-state index contributed by atoms with van der Waals surface area (Å²) >= 11 is 1.31. The Bertz CT molecular complexity index is 785. The van der Waals surface area contributed by atoms with Gasteiger partial charge in [-0.25, -0.2) is 4.39 Å². The van der Waals surface area contributed by atoms with Crippen molar-refractivity contribution in [1.82, 2.24) is 4.90 Å². The molecule has 6 heteroatoms. The van der Waals surface area contributed by atoms with Gasteiger partial charge in [0.2, 0.25) is 0 Å². The van der Waals surface area contributed by atoms with Crippen molar-refractivity contribution in [3.8, 4) is 0 Å². The zero-order valence-corrected chi connectivity index (χ0v) is 13.8. The van der Waals surface area contributed by atoms with Crippen molar-refractivity contribution in [2.75, 3.05) is 13.1 Å². The van der Waals surface area contributed by atoms with E-state index in [9.17, 15) is 19.1 Å². The summed E-state index contributed by atoms with van der Waals surface area (Å²) < 4.78 is 14.1. The number of aliphatic carboxylic acids is 1. The Morgan fingerprint density at radius 2 is 2.09 bits per heavy atom. The summed E-state index contributed by atoms with van der Waals surface area (Å²) in [5, 5.41) is 10.3. The van der Waals surface area contributed by atoms with E-state index in [1.807, 2.05) is 13.8 Å². The number of amides is 1. The van der Waals surface area contributed by atoms with Gasteiger partial charge in [0.05, 0.1) is 10.3 Å². The first-order valence-corrected chi connectivity index (χ1v) is 8.37. The van der Waals surface area contributed by atoms with E-state index >= 15 is 0 Å². The molecular weight excluding hydrogens is 317 g/mol. The van der Waals surface area contributed by atoms with E-state index in [2.05, 4.69) is 0 Å². The van der Waals surface area contributed by atoms with Crippen LogP contribution in [0.5, 0.6) is 0 Å². The molecule has 1 amide bonds. The predicted octanol–water partition coefficient (Wildman–Crippen LogP) is 3.61. The third kappa shape index (κ3) is 2.61. The number of carbonyl (C=O) groups is 2. The van der Waals surface area contributed by atoms with Gasteiger partial charge in [0.15, 0.2) is 0 Å². The second kappa shape index (κ2) is 5.60. The summed E-state index contributed by atoms with van der Waals surface area (Å²) in [5.74, 6) is -1.40. The number of rotatable bonds is 3. The Balaban J connectivity index is 1.87. The van der Waals surface area contributed by atoms with E-state index < -0.39 is 11.4 Å². The molecule has 23 heavy (non-hydrogen) atoms. The lowest BCUT2D eigenvalue weighted by molar-refractivity contribution is -0.150. The van der Waals surface area contributed by atoms with Gasteiger partial charge >= 0.3 is 5.97 Å². The summed E-state index contributed by atoms with van der Waals surface area (Å²) in [5.41, 5.74) is -0.877. The smallest absolute Gasteiger partial charge is 0.311 e. The first-order chi connectivity index (χ1) is 10.8. The first kappa shape index (κ1) is 15.9. The van der Waals surface area contributed by atoms with Crippen molar-refractivity contribution >= 4 is 33.3 Å². The Labute approximate surface area is 137 Å². The van der Waals surface area contributed by atoms with E-state index in [0.29, 0.717) is 23.2 Å².